The minimum atomic E-state index is -0.526. The first kappa shape index (κ1) is 19.5. The summed E-state index contributed by atoms with van der Waals surface area (Å²) in [5, 5.41) is 14.1. The topological polar surface area (TPSA) is 104 Å². The van der Waals surface area contributed by atoms with E-state index in [1.807, 2.05) is 6.92 Å². The standard InChI is InChI=1S/C17H18ClN3O5/c1-2-12(20-16-8-7-13(9-19-16)21(23)24)10-26-17(22)11-25-15-6-4-3-5-14(15)18/h3-9,12H,2,10-11H2,1H3,(H,19,20). The summed E-state index contributed by atoms with van der Waals surface area (Å²) in [6.45, 7) is 1.77. The molecule has 1 atom stereocenters. The van der Waals surface area contributed by atoms with E-state index in [0.717, 1.165) is 0 Å². The average molecular weight is 380 g/mol. The summed E-state index contributed by atoms with van der Waals surface area (Å²) in [6, 6.07) is 9.50. The zero-order valence-electron chi connectivity index (χ0n) is 14.1. The Bertz CT molecular complexity index is 754. The van der Waals surface area contributed by atoms with Crippen LogP contribution in [-0.2, 0) is 9.53 Å². The van der Waals surface area contributed by atoms with Crippen LogP contribution < -0.4 is 10.1 Å². The van der Waals surface area contributed by atoms with E-state index < -0.39 is 10.9 Å². The van der Waals surface area contributed by atoms with Gasteiger partial charge in [-0.25, -0.2) is 9.78 Å². The van der Waals surface area contributed by atoms with Crippen molar-refractivity contribution in [1.82, 2.24) is 4.98 Å². The third kappa shape index (κ3) is 5.89. The molecule has 0 aliphatic carbocycles. The van der Waals surface area contributed by atoms with E-state index in [9.17, 15) is 14.9 Å². The monoisotopic (exact) mass is 379 g/mol. The molecule has 1 unspecified atom stereocenters. The average Bonchev–Trinajstić information content (AvgIpc) is 2.64. The molecular weight excluding hydrogens is 362 g/mol. The summed E-state index contributed by atoms with van der Waals surface area (Å²) in [4.78, 5) is 25.9. The van der Waals surface area contributed by atoms with Crippen molar-refractivity contribution in [3.8, 4) is 5.75 Å². The number of para-hydroxylation sites is 1. The zero-order valence-corrected chi connectivity index (χ0v) is 14.8. The highest BCUT2D eigenvalue weighted by atomic mass is 35.5. The van der Waals surface area contributed by atoms with Crippen molar-refractivity contribution in [2.24, 2.45) is 0 Å². The van der Waals surface area contributed by atoms with Crippen LogP contribution in [0.3, 0.4) is 0 Å². The van der Waals surface area contributed by atoms with Gasteiger partial charge in [0.15, 0.2) is 6.61 Å². The van der Waals surface area contributed by atoms with Crippen molar-refractivity contribution >= 4 is 29.1 Å². The third-order valence-electron chi connectivity index (χ3n) is 3.43. The number of benzene rings is 1. The molecule has 0 saturated heterocycles. The minimum absolute atomic E-state index is 0.0910. The van der Waals surface area contributed by atoms with Crippen molar-refractivity contribution < 1.29 is 19.2 Å². The quantitative estimate of drug-likeness (QED) is 0.404. The predicted molar refractivity (Wildman–Crippen MR) is 96.5 cm³/mol. The molecule has 1 aromatic heterocycles. The molecule has 1 N–H and O–H groups in total. The maximum Gasteiger partial charge on any atom is 0.344 e. The molecule has 0 bridgehead atoms. The summed E-state index contributed by atoms with van der Waals surface area (Å²) in [6.07, 6.45) is 1.83. The van der Waals surface area contributed by atoms with Crippen LogP contribution in [0.2, 0.25) is 5.02 Å². The number of hydrogen-bond donors (Lipinski definition) is 1. The first-order valence-electron chi connectivity index (χ1n) is 7.89. The van der Waals surface area contributed by atoms with Gasteiger partial charge in [0.25, 0.3) is 5.69 Å². The Morgan fingerprint density at radius 2 is 2.12 bits per heavy atom. The van der Waals surface area contributed by atoms with Crippen LogP contribution >= 0.6 is 11.6 Å². The molecular formula is C17H18ClN3O5. The van der Waals surface area contributed by atoms with Crippen LogP contribution in [0, 0.1) is 10.1 Å². The number of nitro groups is 1. The van der Waals surface area contributed by atoms with Crippen molar-refractivity contribution in [2.75, 3.05) is 18.5 Å². The van der Waals surface area contributed by atoms with E-state index in [0.29, 0.717) is 23.0 Å². The lowest BCUT2D eigenvalue weighted by molar-refractivity contribution is -0.385. The first-order chi connectivity index (χ1) is 12.5. The number of nitrogens with one attached hydrogen (secondary N) is 1. The normalized spacial score (nSPS) is 11.5. The molecule has 1 heterocycles. The van der Waals surface area contributed by atoms with Gasteiger partial charge in [-0.1, -0.05) is 30.7 Å². The third-order valence-corrected chi connectivity index (χ3v) is 3.74. The highest BCUT2D eigenvalue weighted by molar-refractivity contribution is 6.32. The van der Waals surface area contributed by atoms with Gasteiger partial charge in [-0.05, 0) is 24.6 Å². The Labute approximate surface area is 155 Å². The molecule has 0 fully saturated rings. The summed E-state index contributed by atoms with van der Waals surface area (Å²) >= 11 is 5.94. The Morgan fingerprint density at radius 1 is 1.35 bits per heavy atom. The number of halogens is 1. The maximum atomic E-state index is 11.8. The second kappa shape index (κ2) is 9.57. The maximum absolute atomic E-state index is 11.8. The van der Waals surface area contributed by atoms with E-state index in [1.54, 1.807) is 24.3 Å². The Morgan fingerprint density at radius 3 is 2.73 bits per heavy atom. The van der Waals surface area contributed by atoms with Crippen molar-refractivity contribution in [2.45, 2.75) is 19.4 Å². The van der Waals surface area contributed by atoms with E-state index in [1.165, 1.54) is 18.3 Å². The van der Waals surface area contributed by atoms with Crippen LogP contribution in [-0.4, -0.2) is 35.1 Å². The molecule has 138 valence electrons. The first-order valence-corrected chi connectivity index (χ1v) is 8.27. The molecule has 0 amide bonds. The largest absolute Gasteiger partial charge is 0.480 e. The number of carbonyl (C=O) groups excluding carboxylic acids is 1. The van der Waals surface area contributed by atoms with Crippen LogP contribution in [0.25, 0.3) is 0 Å². The van der Waals surface area contributed by atoms with Gasteiger partial charge in [0.05, 0.1) is 16.0 Å². The summed E-state index contributed by atoms with van der Waals surface area (Å²) in [5.41, 5.74) is -0.0910. The number of ether oxygens (including phenoxy) is 2. The van der Waals surface area contributed by atoms with Crippen LogP contribution in [0.15, 0.2) is 42.6 Å². The van der Waals surface area contributed by atoms with Gasteiger partial charge in [-0.3, -0.25) is 10.1 Å². The summed E-state index contributed by atoms with van der Waals surface area (Å²) < 4.78 is 10.5. The Balaban J connectivity index is 1.79. The van der Waals surface area contributed by atoms with E-state index in [2.05, 4.69) is 10.3 Å². The molecule has 2 rings (SSSR count). The number of hydrogen-bond acceptors (Lipinski definition) is 7. The van der Waals surface area contributed by atoms with Gasteiger partial charge in [0.1, 0.15) is 24.4 Å². The lowest BCUT2D eigenvalue weighted by Crippen LogP contribution is -2.28. The second-order valence-electron chi connectivity index (χ2n) is 5.31. The number of esters is 1. The number of anilines is 1. The summed E-state index contributed by atoms with van der Waals surface area (Å²) in [5.74, 6) is 0.346. The smallest absolute Gasteiger partial charge is 0.344 e. The fraction of sp³-hybridized carbons (Fsp3) is 0.294. The fourth-order valence-corrected chi connectivity index (χ4v) is 2.17. The van der Waals surface area contributed by atoms with Crippen molar-refractivity contribution in [3.63, 3.8) is 0 Å². The lowest BCUT2D eigenvalue weighted by Gasteiger charge is -2.17. The molecule has 26 heavy (non-hydrogen) atoms. The molecule has 9 heteroatoms. The zero-order chi connectivity index (χ0) is 18.9. The second-order valence-corrected chi connectivity index (χ2v) is 5.72. The van der Waals surface area contributed by atoms with Gasteiger partial charge in [-0.15, -0.1) is 0 Å². The van der Waals surface area contributed by atoms with Gasteiger partial charge in [0, 0.05) is 6.07 Å². The number of carbonyl (C=O) groups is 1. The van der Waals surface area contributed by atoms with Gasteiger partial charge < -0.3 is 14.8 Å². The molecule has 0 spiro atoms. The van der Waals surface area contributed by atoms with Crippen LogP contribution in [0.4, 0.5) is 11.5 Å². The Kier molecular flexibility index (Phi) is 7.16. The number of nitrogens with zero attached hydrogens (tertiary/aromatic N) is 2. The molecule has 0 aliphatic rings. The minimum Gasteiger partial charge on any atom is -0.480 e. The van der Waals surface area contributed by atoms with Crippen LogP contribution in [0.1, 0.15) is 13.3 Å². The van der Waals surface area contributed by atoms with Gasteiger partial charge in [0.2, 0.25) is 0 Å². The number of pyridine rings is 1. The van der Waals surface area contributed by atoms with E-state index in [-0.39, 0.29) is 24.9 Å². The van der Waals surface area contributed by atoms with Gasteiger partial charge in [-0.2, -0.15) is 0 Å². The molecule has 0 saturated carbocycles. The Hall–Kier alpha value is -2.87. The van der Waals surface area contributed by atoms with Gasteiger partial charge >= 0.3 is 5.97 Å². The molecule has 1 aromatic carbocycles. The van der Waals surface area contributed by atoms with Crippen molar-refractivity contribution in [3.05, 3.63) is 57.7 Å². The predicted octanol–water partition coefficient (Wildman–Crippen LogP) is 3.46. The lowest BCUT2D eigenvalue weighted by atomic mass is 10.2. The molecule has 0 radical (unpaired) electrons. The van der Waals surface area contributed by atoms with E-state index >= 15 is 0 Å². The molecule has 0 aliphatic heterocycles. The molecule has 2 aromatic rings. The van der Waals surface area contributed by atoms with E-state index in [4.69, 9.17) is 21.1 Å². The highest BCUT2D eigenvalue weighted by Crippen LogP contribution is 2.22. The van der Waals surface area contributed by atoms with Crippen LogP contribution in [0.5, 0.6) is 5.75 Å². The number of rotatable bonds is 9. The van der Waals surface area contributed by atoms with Crippen molar-refractivity contribution in [1.29, 1.82) is 0 Å². The SMILES string of the molecule is CCC(COC(=O)COc1ccccc1Cl)Nc1ccc([N+](=O)[O-])cn1. The summed E-state index contributed by atoms with van der Waals surface area (Å²) in [7, 11) is 0. The highest BCUT2D eigenvalue weighted by Gasteiger charge is 2.13. The fourth-order valence-electron chi connectivity index (χ4n) is 1.98. The number of aromatic nitrogens is 1. The molecule has 8 nitrogen and oxygen atoms in total.